The zero-order valence-electron chi connectivity index (χ0n) is 17.0. The quantitative estimate of drug-likeness (QED) is 0.290. The predicted molar refractivity (Wildman–Crippen MR) is 118 cm³/mol. The molecular formula is C24H20ClNO5. The number of carbonyl (C=O) groups excluding carboxylic acids is 3. The summed E-state index contributed by atoms with van der Waals surface area (Å²) in [7, 11) is 2.85. The zero-order valence-corrected chi connectivity index (χ0v) is 17.8. The summed E-state index contributed by atoms with van der Waals surface area (Å²) in [5.41, 5.74) is 2.21. The lowest BCUT2D eigenvalue weighted by molar-refractivity contribution is 0.0600. The van der Waals surface area contributed by atoms with Crippen molar-refractivity contribution in [1.29, 1.82) is 0 Å². The molecular weight excluding hydrogens is 418 g/mol. The summed E-state index contributed by atoms with van der Waals surface area (Å²) in [5, 5.41) is 0.422. The highest BCUT2D eigenvalue weighted by molar-refractivity contribution is 6.31. The molecule has 0 N–H and O–H groups in total. The lowest BCUT2D eigenvalue weighted by Gasteiger charge is -2.08. The number of rotatable bonds is 8. The molecule has 0 spiro atoms. The van der Waals surface area contributed by atoms with Crippen LogP contribution in [0, 0.1) is 0 Å². The number of allylic oxidation sites excluding steroid dienone is 1. The minimum atomic E-state index is -0.498. The fourth-order valence-corrected chi connectivity index (χ4v) is 3.26. The number of ketones is 1. The van der Waals surface area contributed by atoms with Crippen molar-refractivity contribution in [3.63, 3.8) is 0 Å². The highest BCUT2D eigenvalue weighted by Gasteiger charge is 2.16. The van der Waals surface area contributed by atoms with E-state index in [2.05, 4.69) is 0 Å². The fraction of sp³-hybridized carbons (Fsp3) is 0.125. The van der Waals surface area contributed by atoms with Crippen LogP contribution in [0.5, 0.6) is 5.75 Å². The average molecular weight is 438 g/mol. The molecule has 0 aliphatic rings. The molecule has 0 atom stereocenters. The minimum absolute atomic E-state index is 0.217. The number of hydrogen-bond donors (Lipinski definition) is 0. The van der Waals surface area contributed by atoms with Crippen molar-refractivity contribution in [1.82, 2.24) is 4.57 Å². The van der Waals surface area contributed by atoms with Crippen LogP contribution >= 0.6 is 11.6 Å². The lowest BCUT2D eigenvalue weighted by Crippen LogP contribution is -2.09. The van der Waals surface area contributed by atoms with Gasteiger partial charge in [-0.3, -0.25) is 9.59 Å². The van der Waals surface area contributed by atoms with Crippen LogP contribution in [-0.4, -0.2) is 36.8 Å². The van der Waals surface area contributed by atoms with Crippen LogP contribution in [0.25, 0.3) is 6.08 Å². The summed E-state index contributed by atoms with van der Waals surface area (Å²) in [6.45, 7) is 0.314. The summed E-state index contributed by atoms with van der Waals surface area (Å²) in [6.07, 6.45) is 5.83. The van der Waals surface area contributed by atoms with Crippen molar-refractivity contribution in [3.05, 3.63) is 93.8 Å². The molecule has 2 aromatic carbocycles. The van der Waals surface area contributed by atoms with Gasteiger partial charge in [-0.15, -0.1) is 0 Å². The van der Waals surface area contributed by atoms with E-state index in [0.717, 1.165) is 0 Å². The molecule has 7 heteroatoms. The van der Waals surface area contributed by atoms with Gasteiger partial charge < -0.3 is 14.0 Å². The Kier molecular flexibility index (Phi) is 7.05. The van der Waals surface area contributed by atoms with E-state index in [9.17, 15) is 14.4 Å². The monoisotopic (exact) mass is 437 g/mol. The Hall–Kier alpha value is -3.64. The van der Waals surface area contributed by atoms with Gasteiger partial charge in [-0.25, -0.2) is 4.79 Å². The molecule has 31 heavy (non-hydrogen) atoms. The van der Waals surface area contributed by atoms with E-state index in [4.69, 9.17) is 21.1 Å². The number of carbonyl (C=O) groups is 3. The number of hydrogen-bond acceptors (Lipinski definition) is 5. The topological polar surface area (TPSA) is 74.6 Å². The highest BCUT2D eigenvalue weighted by atomic mass is 35.5. The number of esters is 1. The standard InChI is InChI=1S/C24H20ClNO5/c1-30-20-9-6-18(7-10-20)23(28)22-12-16(15-27)14-26(22)11-3-4-17-5-8-19(25)13-21(17)24(29)31-2/h3-10,12-15H,11H2,1-2H3. The van der Waals surface area contributed by atoms with Gasteiger partial charge in [-0.1, -0.05) is 29.8 Å². The SMILES string of the molecule is COC(=O)c1cc(Cl)ccc1C=CCn1cc(C=O)cc1C(=O)c1ccc(OC)cc1. The maximum atomic E-state index is 13.0. The average Bonchev–Trinajstić information content (AvgIpc) is 3.22. The second-order valence-corrected chi connectivity index (χ2v) is 7.05. The first-order valence-corrected chi connectivity index (χ1v) is 9.73. The molecule has 0 bridgehead atoms. The summed E-state index contributed by atoms with van der Waals surface area (Å²) < 4.78 is 11.6. The van der Waals surface area contributed by atoms with Gasteiger partial charge >= 0.3 is 5.97 Å². The van der Waals surface area contributed by atoms with E-state index in [1.165, 1.54) is 13.2 Å². The Labute approximate surface area is 184 Å². The number of ether oxygens (including phenoxy) is 2. The zero-order chi connectivity index (χ0) is 22.4. The van der Waals surface area contributed by atoms with Crippen LogP contribution in [-0.2, 0) is 11.3 Å². The molecule has 3 rings (SSSR count). The van der Waals surface area contributed by atoms with Crippen molar-refractivity contribution in [2.75, 3.05) is 14.2 Å². The first-order chi connectivity index (χ1) is 15.0. The van der Waals surface area contributed by atoms with Gasteiger partial charge in [0.2, 0.25) is 5.78 Å². The van der Waals surface area contributed by atoms with E-state index in [1.54, 1.807) is 72.5 Å². The number of aromatic nitrogens is 1. The van der Waals surface area contributed by atoms with E-state index in [0.29, 0.717) is 51.6 Å². The van der Waals surface area contributed by atoms with E-state index in [-0.39, 0.29) is 5.78 Å². The minimum Gasteiger partial charge on any atom is -0.497 e. The smallest absolute Gasteiger partial charge is 0.338 e. The largest absolute Gasteiger partial charge is 0.497 e. The molecule has 1 aromatic heterocycles. The van der Waals surface area contributed by atoms with Crippen molar-refractivity contribution in [2.45, 2.75) is 6.54 Å². The maximum Gasteiger partial charge on any atom is 0.338 e. The van der Waals surface area contributed by atoms with E-state index in [1.807, 2.05) is 0 Å². The molecule has 0 radical (unpaired) electrons. The van der Waals surface area contributed by atoms with Gasteiger partial charge in [-0.2, -0.15) is 0 Å². The molecule has 158 valence electrons. The van der Waals surface area contributed by atoms with E-state index >= 15 is 0 Å². The van der Waals surface area contributed by atoms with Crippen molar-refractivity contribution < 1.29 is 23.9 Å². The van der Waals surface area contributed by atoms with Gasteiger partial charge in [-0.05, 0) is 48.0 Å². The van der Waals surface area contributed by atoms with Crippen molar-refractivity contribution in [2.24, 2.45) is 0 Å². The molecule has 6 nitrogen and oxygen atoms in total. The molecule has 0 unspecified atom stereocenters. The number of methoxy groups -OCH3 is 2. The van der Waals surface area contributed by atoms with Gasteiger partial charge in [0.1, 0.15) is 5.75 Å². The molecule has 3 aromatic rings. The second-order valence-electron chi connectivity index (χ2n) is 6.61. The van der Waals surface area contributed by atoms with Crippen LogP contribution in [0.2, 0.25) is 5.02 Å². The van der Waals surface area contributed by atoms with Crippen molar-refractivity contribution in [3.8, 4) is 5.75 Å². The molecule has 0 saturated heterocycles. The molecule has 0 aliphatic heterocycles. The van der Waals surface area contributed by atoms with E-state index < -0.39 is 5.97 Å². The third-order valence-electron chi connectivity index (χ3n) is 4.66. The van der Waals surface area contributed by atoms with Gasteiger partial charge in [0.25, 0.3) is 0 Å². The molecule has 0 fully saturated rings. The first-order valence-electron chi connectivity index (χ1n) is 9.35. The second kappa shape index (κ2) is 9.91. The van der Waals surface area contributed by atoms with Crippen molar-refractivity contribution >= 4 is 35.7 Å². The molecule has 0 amide bonds. The Morgan fingerprint density at radius 2 is 1.81 bits per heavy atom. The van der Waals surface area contributed by atoms with Crippen LogP contribution in [0.15, 0.2) is 60.8 Å². The van der Waals surface area contributed by atoms with Gasteiger partial charge in [0, 0.05) is 28.9 Å². The number of nitrogens with zero attached hydrogens (tertiary/aromatic N) is 1. The van der Waals surface area contributed by atoms with Gasteiger partial charge in [0.15, 0.2) is 6.29 Å². The summed E-state index contributed by atoms with van der Waals surface area (Å²) in [5.74, 6) is -0.0690. The Balaban J connectivity index is 1.87. The number of benzene rings is 2. The molecule has 0 saturated carbocycles. The molecule has 0 aliphatic carbocycles. The summed E-state index contributed by atoms with van der Waals surface area (Å²) in [4.78, 5) is 36.2. The highest BCUT2D eigenvalue weighted by Crippen LogP contribution is 2.20. The Morgan fingerprint density at radius 3 is 2.45 bits per heavy atom. The summed E-state index contributed by atoms with van der Waals surface area (Å²) >= 11 is 5.99. The Bertz CT molecular complexity index is 1150. The first kappa shape index (κ1) is 22.1. The van der Waals surface area contributed by atoms with Gasteiger partial charge in [0.05, 0.1) is 25.5 Å². The summed E-state index contributed by atoms with van der Waals surface area (Å²) in [6, 6.07) is 13.2. The van der Waals surface area contributed by atoms with Crippen LogP contribution in [0.4, 0.5) is 0 Å². The third kappa shape index (κ3) is 5.10. The molecule has 1 heterocycles. The fourth-order valence-electron chi connectivity index (χ4n) is 3.08. The number of halogens is 1. The predicted octanol–water partition coefficient (Wildman–Crippen LogP) is 4.69. The normalized spacial score (nSPS) is 10.8. The third-order valence-corrected chi connectivity index (χ3v) is 4.89. The Morgan fingerprint density at radius 1 is 1.06 bits per heavy atom. The lowest BCUT2D eigenvalue weighted by atomic mass is 10.1. The number of aldehydes is 1. The van der Waals surface area contributed by atoms with Crippen LogP contribution < -0.4 is 4.74 Å². The van der Waals surface area contributed by atoms with Crippen LogP contribution in [0.3, 0.4) is 0 Å². The van der Waals surface area contributed by atoms with Crippen LogP contribution in [0.1, 0.15) is 42.3 Å². The maximum absolute atomic E-state index is 13.0.